The number of Topliss-reactive ketones (excluding diaryl/α,β-unsaturated/α-hetero) is 1. The molecule has 1 aromatic carbocycles. The van der Waals surface area contributed by atoms with Crippen molar-refractivity contribution in [1.82, 2.24) is 10.2 Å². The molecule has 1 saturated carbocycles. The average Bonchev–Trinajstić information content (AvgIpc) is 2.93. The average molecular weight is 402 g/mol. The number of ketones is 1. The van der Waals surface area contributed by atoms with E-state index in [9.17, 15) is 19.2 Å². The van der Waals surface area contributed by atoms with Crippen molar-refractivity contribution in [3.05, 3.63) is 29.3 Å². The van der Waals surface area contributed by atoms with Crippen molar-refractivity contribution < 1.29 is 28.7 Å². The molecule has 1 aliphatic carbocycles. The van der Waals surface area contributed by atoms with Crippen LogP contribution in [0.3, 0.4) is 0 Å². The van der Waals surface area contributed by atoms with Crippen LogP contribution in [0.2, 0.25) is 0 Å². The summed E-state index contributed by atoms with van der Waals surface area (Å²) >= 11 is 0. The van der Waals surface area contributed by atoms with Gasteiger partial charge < -0.3 is 14.8 Å². The Kier molecular flexibility index (Phi) is 5.91. The van der Waals surface area contributed by atoms with Crippen molar-refractivity contribution in [3.8, 4) is 5.75 Å². The van der Waals surface area contributed by atoms with Crippen LogP contribution < -0.4 is 10.1 Å². The Bertz CT molecular complexity index is 852. The van der Waals surface area contributed by atoms with Crippen LogP contribution in [0.1, 0.15) is 55.5 Å². The molecule has 2 fully saturated rings. The summed E-state index contributed by atoms with van der Waals surface area (Å²) in [5, 5.41) is 2.81. The van der Waals surface area contributed by atoms with E-state index in [-0.39, 0.29) is 24.2 Å². The highest BCUT2D eigenvalue weighted by Crippen LogP contribution is 2.38. The third-order valence-corrected chi connectivity index (χ3v) is 5.86. The SMILES string of the molecule is COc1ccc(C(C)=O)cc1COC(=O)CN1C(=O)N[C@]2(CCCC[C@H]2C)C1=O. The van der Waals surface area contributed by atoms with Crippen LogP contribution in [0.4, 0.5) is 4.79 Å². The monoisotopic (exact) mass is 402 g/mol. The number of benzene rings is 1. The number of carbonyl (C=O) groups excluding carboxylic acids is 4. The highest BCUT2D eigenvalue weighted by Gasteiger charge is 2.55. The zero-order valence-electron chi connectivity index (χ0n) is 16.9. The molecule has 2 atom stereocenters. The molecule has 0 bridgehead atoms. The van der Waals surface area contributed by atoms with Gasteiger partial charge in [0, 0.05) is 11.1 Å². The van der Waals surface area contributed by atoms with Crippen molar-refractivity contribution in [1.29, 1.82) is 0 Å². The molecule has 0 radical (unpaired) electrons. The van der Waals surface area contributed by atoms with Crippen LogP contribution in [0.5, 0.6) is 5.75 Å². The summed E-state index contributed by atoms with van der Waals surface area (Å²) in [7, 11) is 1.48. The number of urea groups is 1. The molecule has 0 aromatic heterocycles. The summed E-state index contributed by atoms with van der Waals surface area (Å²) < 4.78 is 10.5. The minimum atomic E-state index is -0.908. The van der Waals surface area contributed by atoms with E-state index in [1.54, 1.807) is 18.2 Å². The molecular formula is C21H26N2O6. The first-order valence-electron chi connectivity index (χ1n) is 9.76. The van der Waals surface area contributed by atoms with Gasteiger partial charge in [0.05, 0.1) is 7.11 Å². The van der Waals surface area contributed by atoms with Crippen LogP contribution in [-0.2, 0) is 20.9 Å². The van der Waals surface area contributed by atoms with Crippen molar-refractivity contribution in [2.24, 2.45) is 5.92 Å². The zero-order valence-corrected chi connectivity index (χ0v) is 16.9. The summed E-state index contributed by atoms with van der Waals surface area (Å²) in [6.45, 7) is 2.81. The Balaban J connectivity index is 1.66. The van der Waals surface area contributed by atoms with Gasteiger partial charge in [-0.15, -0.1) is 0 Å². The lowest BCUT2D eigenvalue weighted by Gasteiger charge is -2.36. The van der Waals surface area contributed by atoms with Gasteiger partial charge in [0.2, 0.25) is 0 Å². The van der Waals surface area contributed by atoms with Crippen LogP contribution >= 0.6 is 0 Å². The third kappa shape index (κ3) is 3.97. The number of esters is 1. The number of methoxy groups -OCH3 is 1. The number of amides is 3. The summed E-state index contributed by atoms with van der Waals surface area (Å²) in [6.07, 6.45) is 3.33. The maximum absolute atomic E-state index is 12.9. The summed E-state index contributed by atoms with van der Waals surface area (Å²) in [5.74, 6) is -0.682. The lowest BCUT2D eigenvalue weighted by Crippen LogP contribution is -2.54. The highest BCUT2D eigenvalue weighted by atomic mass is 16.5. The van der Waals surface area contributed by atoms with Crippen molar-refractivity contribution >= 4 is 23.7 Å². The number of carbonyl (C=O) groups is 4. The van der Waals surface area contributed by atoms with E-state index in [1.807, 2.05) is 6.92 Å². The van der Waals surface area contributed by atoms with Gasteiger partial charge in [0.15, 0.2) is 5.78 Å². The highest BCUT2D eigenvalue weighted by molar-refractivity contribution is 6.09. The Labute approximate surface area is 169 Å². The van der Waals surface area contributed by atoms with E-state index in [4.69, 9.17) is 9.47 Å². The van der Waals surface area contributed by atoms with Gasteiger partial charge in [-0.2, -0.15) is 0 Å². The smallest absolute Gasteiger partial charge is 0.326 e. The second-order valence-corrected chi connectivity index (χ2v) is 7.68. The van der Waals surface area contributed by atoms with Gasteiger partial charge in [-0.05, 0) is 43.9 Å². The fourth-order valence-corrected chi connectivity index (χ4v) is 4.08. The number of hydrogen-bond donors (Lipinski definition) is 1. The normalized spacial score (nSPS) is 23.8. The molecule has 1 heterocycles. The van der Waals surface area contributed by atoms with Gasteiger partial charge in [-0.25, -0.2) is 4.79 Å². The van der Waals surface area contributed by atoms with Crippen LogP contribution in [0, 0.1) is 5.92 Å². The Morgan fingerprint density at radius 3 is 2.69 bits per heavy atom. The van der Waals surface area contributed by atoms with Gasteiger partial charge in [0.25, 0.3) is 5.91 Å². The molecular weight excluding hydrogens is 376 g/mol. The summed E-state index contributed by atoms with van der Waals surface area (Å²) in [5.41, 5.74) is 0.0940. The quantitative estimate of drug-likeness (QED) is 0.445. The molecule has 1 aromatic rings. The number of rotatable bonds is 6. The zero-order chi connectivity index (χ0) is 21.2. The van der Waals surface area contributed by atoms with Crippen LogP contribution in [0.25, 0.3) is 0 Å². The number of hydrogen-bond acceptors (Lipinski definition) is 6. The Morgan fingerprint density at radius 2 is 2.03 bits per heavy atom. The topological polar surface area (TPSA) is 102 Å². The van der Waals surface area contributed by atoms with Gasteiger partial charge >= 0.3 is 12.0 Å². The van der Waals surface area contributed by atoms with Gasteiger partial charge in [-0.3, -0.25) is 19.3 Å². The van der Waals surface area contributed by atoms with Crippen molar-refractivity contribution in [2.75, 3.05) is 13.7 Å². The molecule has 29 heavy (non-hydrogen) atoms. The summed E-state index contributed by atoms with van der Waals surface area (Å²) in [6, 6.07) is 4.30. The minimum Gasteiger partial charge on any atom is -0.496 e. The lowest BCUT2D eigenvalue weighted by atomic mass is 9.73. The fraction of sp³-hybridized carbons (Fsp3) is 0.524. The number of nitrogens with zero attached hydrogens (tertiary/aromatic N) is 1. The maximum Gasteiger partial charge on any atom is 0.326 e. The number of imide groups is 1. The van der Waals surface area contributed by atoms with Crippen LogP contribution in [0.15, 0.2) is 18.2 Å². The molecule has 8 nitrogen and oxygen atoms in total. The second-order valence-electron chi connectivity index (χ2n) is 7.68. The molecule has 2 aliphatic rings. The third-order valence-electron chi connectivity index (χ3n) is 5.86. The first-order valence-corrected chi connectivity index (χ1v) is 9.76. The lowest BCUT2D eigenvalue weighted by molar-refractivity contribution is -0.149. The second kappa shape index (κ2) is 8.23. The molecule has 156 valence electrons. The largest absolute Gasteiger partial charge is 0.496 e. The molecule has 1 spiro atoms. The van der Waals surface area contributed by atoms with E-state index >= 15 is 0 Å². The molecule has 8 heteroatoms. The molecule has 1 N–H and O–H groups in total. The Morgan fingerprint density at radius 1 is 1.28 bits per heavy atom. The standard InChI is InChI=1S/C21H26N2O6/c1-13-6-4-5-9-21(13)19(26)23(20(27)22-21)11-18(25)29-12-16-10-15(14(2)24)7-8-17(16)28-3/h7-8,10,13H,4-6,9,11-12H2,1-3H3,(H,22,27)/t13-,21+/m1/s1. The molecule has 1 saturated heterocycles. The van der Waals surface area contributed by atoms with Gasteiger partial charge in [0.1, 0.15) is 24.4 Å². The van der Waals surface area contributed by atoms with Gasteiger partial charge in [-0.1, -0.05) is 19.8 Å². The maximum atomic E-state index is 12.9. The van der Waals surface area contributed by atoms with E-state index in [0.29, 0.717) is 23.3 Å². The number of nitrogens with one attached hydrogen (secondary N) is 1. The minimum absolute atomic E-state index is 0.0207. The first kappa shape index (κ1) is 20.8. The molecule has 3 rings (SSSR count). The molecule has 1 aliphatic heterocycles. The Hall–Kier alpha value is -2.90. The predicted molar refractivity (Wildman–Crippen MR) is 103 cm³/mol. The van der Waals surface area contributed by atoms with E-state index < -0.39 is 24.1 Å². The molecule has 0 unspecified atom stereocenters. The first-order chi connectivity index (χ1) is 13.8. The predicted octanol–water partition coefficient (Wildman–Crippen LogP) is 2.44. The van der Waals surface area contributed by atoms with E-state index in [2.05, 4.69) is 5.32 Å². The van der Waals surface area contributed by atoms with E-state index in [0.717, 1.165) is 24.2 Å². The van der Waals surface area contributed by atoms with Crippen LogP contribution in [-0.4, -0.2) is 47.8 Å². The summed E-state index contributed by atoms with van der Waals surface area (Å²) in [4.78, 5) is 50.1. The molecule has 3 amide bonds. The van der Waals surface area contributed by atoms with E-state index in [1.165, 1.54) is 14.0 Å². The van der Waals surface area contributed by atoms with Crippen molar-refractivity contribution in [3.63, 3.8) is 0 Å². The number of ether oxygens (including phenoxy) is 2. The fourth-order valence-electron chi connectivity index (χ4n) is 4.08. The van der Waals surface area contributed by atoms with Crippen molar-refractivity contribution in [2.45, 2.75) is 51.7 Å².